The summed E-state index contributed by atoms with van der Waals surface area (Å²) in [6, 6.07) is -1.64. The molecule has 0 bridgehead atoms. The third-order valence-electron chi connectivity index (χ3n) is 1.69. The maximum absolute atomic E-state index is 10.5. The van der Waals surface area contributed by atoms with Crippen LogP contribution in [0.15, 0.2) is 0 Å². The smallest absolute Gasteiger partial charge is 0.321 e. The Morgan fingerprint density at radius 3 is 2.07 bits per heavy atom. The van der Waals surface area contributed by atoms with Crippen LogP contribution in [0.1, 0.15) is 6.42 Å². The minimum absolute atomic E-state index is 0.129. The lowest BCUT2D eigenvalue weighted by Gasteiger charge is -2.16. The molecule has 7 nitrogen and oxygen atoms in total. The summed E-state index contributed by atoms with van der Waals surface area (Å²) in [5.41, 5.74) is 5.06. The number of rotatable bonds is 6. The van der Waals surface area contributed by atoms with E-state index in [1.165, 1.54) is 0 Å². The van der Waals surface area contributed by atoms with Crippen molar-refractivity contribution in [3.05, 3.63) is 0 Å². The molecule has 0 saturated heterocycles. The fraction of sp³-hybridized carbons (Fsp3) is 0.571. The first-order valence-corrected chi connectivity index (χ1v) is 3.74. The number of carbonyl (C=O) groups excluding carboxylic acids is 1. The molecule has 80 valence electrons. The molecule has 5 N–H and O–H groups in total. The summed E-state index contributed by atoms with van der Waals surface area (Å²) in [6.07, 6.45) is -1.89. The fourth-order valence-electron chi connectivity index (χ4n) is 0.889. The first kappa shape index (κ1) is 12.5. The highest BCUT2D eigenvalue weighted by Crippen LogP contribution is 2.10. The summed E-state index contributed by atoms with van der Waals surface area (Å²) in [6.45, 7) is 0. The van der Waals surface area contributed by atoms with E-state index in [-0.39, 0.29) is 6.29 Å². The van der Waals surface area contributed by atoms with Crippen molar-refractivity contribution in [2.75, 3.05) is 0 Å². The number of carboxylic acid groups (broad SMARTS) is 2. The van der Waals surface area contributed by atoms with Crippen molar-refractivity contribution in [1.82, 2.24) is 0 Å². The van der Waals surface area contributed by atoms with Gasteiger partial charge >= 0.3 is 11.9 Å². The lowest BCUT2D eigenvalue weighted by atomic mass is 9.94. The van der Waals surface area contributed by atoms with Gasteiger partial charge in [-0.05, 0) is 6.42 Å². The Bertz CT molecular complexity index is 240. The molecule has 0 aromatic heterocycles. The van der Waals surface area contributed by atoms with Gasteiger partial charge in [-0.1, -0.05) is 0 Å². The molecule has 0 rings (SSSR count). The minimum Gasteiger partial charge on any atom is -0.481 e. The number of hydrogen-bond acceptors (Lipinski definition) is 5. The van der Waals surface area contributed by atoms with Crippen molar-refractivity contribution in [2.45, 2.75) is 18.6 Å². The summed E-state index contributed by atoms with van der Waals surface area (Å²) in [5.74, 6) is -4.43. The highest BCUT2D eigenvalue weighted by atomic mass is 16.4. The Kier molecular flexibility index (Phi) is 4.74. The molecule has 0 radical (unpaired) electrons. The number of aldehydes is 1. The van der Waals surface area contributed by atoms with E-state index in [0.717, 1.165) is 0 Å². The Hall–Kier alpha value is -1.47. The SMILES string of the molecule is NC(C(=O)O)[C@H](C[C@H](O)C=O)C(=O)O. The number of hydrogen-bond donors (Lipinski definition) is 4. The van der Waals surface area contributed by atoms with Gasteiger partial charge in [0, 0.05) is 0 Å². The number of nitrogens with two attached hydrogens (primary N) is 1. The second-order valence-electron chi connectivity index (χ2n) is 2.75. The summed E-state index contributed by atoms with van der Waals surface area (Å²) in [7, 11) is 0. The molecule has 7 heteroatoms. The van der Waals surface area contributed by atoms with Crippen molar-refractivity contribution in [1.29, 1.82) is 0 Å². The van der Waals surface area contributed by atoms with Crippen LogP contribution in [0.5, 0.6) is 0 Å². The van der Waals surface area contributed by atoms with Gasteiger partial charge in [-0.2, -0.15) is 0 Å². The van der Waals surface area contributed by atoms with E-state index >= 15 is 0 Å². The zero-order valence-electron chi connectivity index (χ0n) is 7.16. The van der Waals surface area contributed by atoms with Crippen LogP contribution in [0.4, 0.5) is 0 Å². The molecule has 0 amide bonds. The standard InChI is InChI=1S/C7H11NO6/c8-5(7(13)14)4(6(11)12)1-3(10)2-9/h2-5,10H,1,8H2,(H,11,12)(H,13,14)/t3-,4-,5?/m0/s1. The van der Waals surface area contributed by atoms with E-state index in [9.17, 15) is 14.4 Å². The van der Waals surface area contributed by atoms with Crippen molar-refractivity contribution in [2.24, 2.45) is 11.7 Å². The third-order valence-corrected chi connectivity index (χ3v) is 1.69. The number of carbonyl (C=O) groups is 3. The largest absolute Gasteiger partial charge is 0.481 e. The van der Waals surface area contributed by atoms with E-state index in [4.69, 9.17) is 21.1 Å². The molecule has 0 saturated carbocycles. The van der Waals surface area contributed by atoms with Gasteiger partial charge in [0.15, 0.2) is 0 Å². The van der Waals surface area contributed by atoms with Gasteiger partial charge in [-0.15, -0.1) is 0 Å². The number of aliphatic carboxylic acids is 2. The van der Waals surface area contributed by atoms with Gasteiger partial charge in [0.05, 0.1) is 5.92 Å². The van der Waals surface area contributed by atoms with E-state index < -0.39 is 36.4 Å². The van der Waals surface area contributed by atoms with Crippen LogP contribution in [-0.2, 0) is 14.4 Å². The van der Waals surface area contributed by atoms with E-state index in [1.54, 1.807) is 0 Å². The zero-order valence-corrected chi connectivity index (χ0v) is 7.16. The Labute approximate surface area is 79.1 Å². The number of aliphatic hydroxyl groups excluding tert-OH is 1. The first-order valence-electron chi connectivity index (χ1n) is 3.74. The molecule has 0 heterocycles. The van der Waals surface area contributed by atoms with Crippen LogP contribution >= 0.6 is 0 Å². The molecular formula is C7H11NO6. The lowest BCUT2D eigenvalue weighted by molar-refractivity contribution is -0.151. The molecular weight excluding hydrogens is 194 g/mol. The predicted molar refractivity (Wildman–Crippen MR) is 43.4 cm³/mol. The molecule has 14 heavy (non-hydrogen) atoms. The molecule has 0 spiro atoms. The van der Waals surface area contributed by atoms with Crippen LogP contribution in [0.25, 0.3) is 0 Å². The first-order chi connectivity index (χ1) is 6.40. The maximum atomic E-state index is 10.5. The summed E-state index contributed by atoms with van der Waals surface area (Å²) >= 11 is 0. The van der Waals surface area contributed by atoms with Gasteiger partial charge < -0.3 is 25.8 Å². The quantitative estimate of drug-likeness (QED) is 0.369. The minimum atomic E-state index is -1.64. The Morgan fingerprint density at radius 2 is 1.79 bits per heavy atom. The maximum Gasteiger partial charge on any atom is 0.321 e. The molecule has 0 aliphatic carbocycles. The lowest BCUT2D eigenvalue weighted by Crippen LogP contribution is -2.43. The zero-order chi connectivity index (χ0) is 11.3. The van der Waals surface area contributed by atoms with Crippen molar-refractivity contribution >= 4 is 18.2 Å². The van der Waals surface area contributed by atoms with Crippen molar-refractivity contribution in [3.63, 3.8) is 0 Å². The van der Waals surface area contributed by atoms with Gasteiger partial charge in [0.2, 0.25) is 0 Å². The Balaban J connectivity index is 4.52. The molecule has 0 aliphatic heterocycles. The third kappa shape index (κ3) is 3.50. The molecule has 0 aromatic carbocycles. The number of carboxylic acids is 2. The second kappa shape index (κ2) is 5.30. The van der Waals surface area contributed by atoms with Gasteiger partial charge in [0.1, 0.15) is 18.4 Å². The highest BCUT2D eigenvalue weighted by Gasteiger charge is 2.32. The van der Waals surface area contributed by atoms with Crippen LogP contribution in [-0.4, -0.2) is 45.7 Å². The number of aliphatic hydroxyl groups is 1. The summed E-state index contributed by atoms with van der Waals surface area (Å²) < 4.78 is 0. The predicted octanol–water partition coefficient (Wildman–Crippen LogP) is -1.95. The van der Waals surface area contributed by atoms with Crippen molar-refractivity contribution < 1.29 is 29.7 Å². The van der Waals surface area contributed by atoms with Crippen LogP contribution in [0.2, 0.25) is 0 Å². The van der Waals surface area contributed by atoms with Gasteiger partial charge in [-0.25, -0.2) is 0 Å². The summed E-state index contributed by atoms with van der Waals surface area (Å²) in [5, 5.41) is 25.8. The molecule has 3 atom stereocenters. The normalized spacial score (nSPS) is 16.7. The molecule has 1 unspecified atom stereocenters. The average molecular weight is 205 g/mol. The van der Waals surface area contributed by atoms with Gasteiger partial charge in [-0.3, -0.25) is 9.59 Å². The summed E-state index contributed by atoms with van der Waals surface area (Å²) in [4.78, 5) is 30.9. The molecule has 0 aromatic rings. The van der Waals surface area contributed by atoms with E-state index in [1.807, 2.05) is 0 Å². The fourth-order valence-corrected chi connectivity index (χ4v) is 0.889. The highest BCUT2D eigenvalue weighted by molar-refractivity contribution is 5.82. The van der Waals surface area contributed by atoms with E-state index in [2.05, 4.69) is 0 Å². The molecule has 0 fully saturated rings. The second-order valence-corrected chi connectivity index (χ2v) is 2.75. The van der Waals surface area contributed by atoms with Crippen molar-refractivity contribution in [3.8, 4) is 0 Å². The van der Waals surface area contributed by atoms with Crippen LogP contribution in [0.3, 0.4) is 0 Å². The van der Waals surface area contributed by atoms with Crippen LogP contribution in [0, 0.1) is 5.92 Å². The van der Waals surface area contributed by atoms with E-state index in [0.29, 0.717) is 0 Å². The van der Waals surface area contributed by atoms with Crippen LogP contribution < -0.4 is 5.73 Å². The average Bonchev–Trinajstić information content (AvgIpc) is 2.11. The monoisotopic (exact) mass is 205 g/mol. The Morgan fingerprint density at radius 1 is 1.29 bits per heavy atom. The molecule has 0 aliphatic rings. The van der Waals surface area contributed by atoms with Gasteiger partial charge in [0.25, 0.3) is 0 Å². The topological polar surface area (TPSA) is 138 Å².